The number of amides is 1. The van der Waals surface area contributed by atoms with Crippen molar-refractivity contribution in [3.63, 3.8) is 0 Å². The van der Waals surface area contributed by atoms with Crippen LogP contribution in [-0.2, 0) is 13.2 Å². The van der Waals surface area contributed by atoms with E-state index in [2.05, 4.69) is 15.5 Å². The van der Waals surface area contributed by atoms with E-state index < -0.39 is 17.8 Å². The number of carbonyl (C=O) groups is 1. The van der Waals surface area contributed by atoms with E-state index in [0.717, 1.165) is 0 Å². The number of aromatic nitrogens is 4. The maximum absolute atomic E-state index is 12.6. The van der Waals surface area contributed by atoms with E-state index in [4.69, 9.17) is 4.74 Å². The number of hydrogen-bond acceptors (Lipinski definition) is 4. The molecule has 114 valence electrons. The number of aromatic amines is 1. The van der Waals surface area contributed by atoms with Gasteiger partial charge in [-0.3, -0.25) is 9.89 Å². The van der Waals surface area contributed by atoms with Crippen molar-refractivity contribution in [2.45, 2.75) is 13.1 Å². The zero-order chi connectivity index (χ0) is 15.8. The lowest BCUT2D eigenvalue weighted by molar-refractivity contribution is -0.141. The third kappa shape index (κ3) is 2.83. The summed E-state index contributed by atoms with van der Waals surface area (Å²) in [6.07, 6.45) is -4.59. The normalized spacial score (nSPS) is 11.5. The smallest absolute Gasteiger partial charge is 0.433 e. The molecule has 0 bridgehead atoms. The summed E-state index contributed by atoms with van der Waals surface area (Å²) in [5, 5.41) is 11.5. The molecule has 0 atom stereocenters. The number of anilines is 1. The Kier molecular flexibility index (Phi) is 3.62. The SMILES string of the molecule is COc1cc(NC(=O)c2n[nH]c(C(F)(F)F)c2C)nn1C. The maximum Gasteiger partial charge on any atom is 0.433 e. The van der Waals surface area contributed by atoms with Gasteiger partial charge in [0.25, 0.3) is 5.91 Å². The van der Waals surface area contributed by atoms with E-state index in [0.29, 0.717) is 5.88 Å². The summed E-state index contributed by atoms with van der Waals surface area (Å²) in [5.74, 6) is -0.254. The van der Waals surface area contributed by atoms with Crippen molar-refractivity contribution in [1.29, 1.82) is 0 Å². The predicted octanol–water partition coefficient (Wildman–Crippen LogP) is 1.73. The van der Waals surface area contributed by atoms with Crippen molar-refractivity contribution in [1.82, 2.24) is 20.0 Å². The molecule has 0 unspecified atom stereocenters. The Balaban J connectivity index is 2.23. The van der Waals surface area contributed by atoms with Gasteiger partial charge in [0.2, 0.25) is 5.88 Å². The van der Waals surface area contributed by atoms with Crippen LogP contribution in [0.2, 0.25) is 0 Å². The molecule has 0 fully saturated rings. The summed E-state index contributed by atoms with van der Waals surface area (Å²) in [7, 11) is 3.02. The number of aryl methyl sites for hydroxylation is 1. The molecule has 0 aliphatic heterocycles. The highest BCUT2D eigenvalue weighted by Gasteiger charge is 2.36. The summed E-state index contributed by atoms with van der Waals surface area (Å²) in [4.78, 5) is 11.9. The van der Waals surface area contributed by atoms with Crippen molar-refractivity contribution in [2.24, 2.45) is 7.05 Å². The van der Waals surface area contributed by atoms with Gasteiger partial charge in [0.05, 0.1) is 7.11 Å². The molecule has 0 aromatic carbocycles. The first-order valence-corrected chi connectivity index (χ1v) is 5.75. The summed E-state index contributed by atoms with van der Waals surface area (Å²) in [6.45, 7) is 1.17. The van der Waals surface area contributed by atoms with Gasteiger partial charge < -0.3 is 10.1 Å². The molecular weight excluding hydrogens is 291 g/mol. The van der Waals surface area contributed by atoms with Gasteiger partial charge in [-0.05, 0) is 6.92 Å². The fourth-order valence-electron chi connectivity index (χ4n) is 1.77. The summed E-state index contributed by atoms with van der Waals surface area (Å²) in [6, 6.07) is 1.44. The van der Waals surface area contributed by atoms with Crippen LogP contribution in [0.15, 0.2) is 6.07 Å². The van der Waals surface area contributed by atoms with Gasteiger partial charge in [0, 0.05) is 18.7 Å². The van der Waals surface area contributed by atoms with Crippen LogP contribution in [0.1, 0.15) is 21.7 Å². The Hall–Kier alpha value is -2.52. The van der Waals surface area contributed by atoms with E-state index in [1.807, 2.05) is 5.10 Å². The number of carbonyl (C=O) groups excluding carboxylic acids is 1. The highest BCUT2D eigenvalue weighted by Crippen LogP contribution is 2.31. The number of halogens is 3. The molecule has 0 radical (unpaired) electrons. The minimum atomic E-state index is -4.59. The lowest BCUT2D eigenvalue weighted by Crippen LogP contribution is -2.15. The van der Waals surface area contributed by atoms with Crippen LogP contribution in [0.5, 0.6) is 5.88 Å². The van der Waals surface area contributed by atoms with E-state index in [1.54, 1.807) is 7.05 Å². The standard InChI is InChI=1S/C11H12F3N5O2/c1-5-8(16-17-9(5)11(12,13)14)10(20)15-6-4-7(21-3)19(2)18-6/h4H,1-3H3,(H,16,17)(H,15,18,20). The first-order valence-electron chi connectivity index (χ1n) is 5.75. The molecule has 2 N–H and O–H groups in total. The van der Waals surface area contributed by atoms with E-state index in [1.165, 1.54) is 24.8 Å². The topological polar surface area (TPSA) is 84.8 Å². The third-order valence-corrected chi connectivity index (χ3v) is 2.80. The molecular formula is C11H12F3N5O2. The van der Waals surface area contributed by atoms with E-state index in [9.17, 15) is 18.0 Å². The minimum Gasteiger partial charge on any atom is -0.481 e. The second kappa shape index (κ2) is 5.11. The number of ether oxygens (including phenoxy) is 1. The minimum absolute atomic E-state index is 0.148. The first kappa shape index (κ1) is 14.9. The Morgan fingerprint density at radius 2 is 2.14 bits per heavy atom. The molecule has 0 aliphatic carbocycles. The Morgan fingerprint density at radius 3 is 2.62 bits per heavy atom. The fourth-order valence-corrected chi connectivity index (χ4v) is 1.77. The summed E-state index contributed by atoms with van der Waals surface area (Å²) < 4.78 is 44.2. The molecule has 0 spiro atoms. The molecule has 21 heavy (non-hydrogen) atoms. The number of nitrogens with one attached hydrogen (secondary N) is 2. The molecule has 2 heterocycles. The van der Waals surface area contributed by atoms with Crippen LogP contribution < -0.4 is 10.1 Å². The van der Waals surface area contributed by atoms with Crippen molar-refractivity contribution >= 4 is 11.7 Å². The van der Waals surface area contributed by atoms with Gasteiger partial charge in [0.15, 0.2) is 11.5 Å². The van der Waals surface area contributed by atoms with Gasteiger partial charge in [-0.15, -0.1) is 0 Å². The second-order valence-corrected chi connectivity index (χ2v) is 4.22. The van der Waals surface area contributed by atoms with Crippen molar-refractivity contribution < 1.29 is 22.7 Å². The molecule has 1 amide bonds. The van der Waals surface area contributed by atoms with E-state index >= 15 is 0 Å². The average molecular weight is 303 g/mol. The molecule has 0 aliphatic rings. The van der Waals surface area contributed by atoms with Crippen LogP contribution >= 0.6 is 0 Å². The van der Waals surface area contributed by atoms with Crippen LogP contribution in [-0.4, -0.2) is 33.0 Å². The molecule has 2 rings (SSSR count). The van der Waals surface area contributed by atoms with Gasteiger partial charge in [-0.2, -0.15) is 23.4 Å². The maximum atomic E-state index is 12.6. The number of alkyl halides is 3. The molecule has 7 nitrogen and oxygen atoms in total. The Bertz CT molecular complexity index is 674. The highest BCUT2D eigenvalue weighted by molar-refractivity contribution is 6.03. The van der Waals surface area contributed by atoms with Crippen LogP contribution in [0.3, 0.4) is 0 Å². The Morgan fingerprint density at radius 1 is 1.48 bits per heavy atom. The lowest BCUT2D eigenvalue weighted by Gasteiger charge is -2.04. The van der Waals surface area contributed by atoms with Crippen molar-refractivity contribution in [3.8, 4) is 5.88 Å². The monoisotopic (exact) mass is 303 g/mol. The lowest BCUT2D eigenvalue weighted by atomic mass is 10.2. The van der Waals surface area contributed by atoms with Gasteiger partial charge in [-0.1, -0.05) is 0 Å². The highest BCUT2D eigenvalue weighted by atomic mass is 19.4. The van der Waals surface area contributed by atoms with Crippen LogP contribution in [0.4, 0.5) is 19.0 Å². The average Bonchev–Trinajstić information content (AvgIpc) is 2.91. The molecule has 10 heteroatoms. The van der Waals surface area contributed by atoms with Crippen LogP contribution in [0.25, 0.3) is 0 Å². The number of hydrogen-bond donors (Lipinski definition) is 2. The predicted molar refractivity (Wildman–Crippen MR) is 66.0 cm³/mol. The third-order valence-electron chi connectivity index (χ3n) is 2.80. The number of H-pyrrole nitrogens is 1. The van der Waals surface area contributed by atoms with Gasteiger partial charge >= 0.3 is 6.18 Å². The Labute approximate surface area is 117 Å². The quantitative estimate of drug-likeness (QED) is 0.904. The van der Waals surface area contributed by atoms with Crippen molar-refractivity contribution in [3.05, 3.63) is 23.0 Å². The zero-order valence-electron chi connectivity index (χ0n) is 11.4. The van der Waals surface area contributed by atoms with E-state index in [-0.39, 0.29) is 17.1 Å². The summed E-state index contributed by atoms with van der Waals surface area (Å²) in [5.41, 5.74) is -1.67. The first-order chi connectivity index (χ1) is 9.74. The molecule has 2 aromatic heterocycles. The number of nitrogens with zero attached hydrogens (tertiary/aromatic N) is 3. The zero-order valence-corrected chi connectivity index (χ0v) is 11.4. The van der Waals surface area contributed by atoms with Gasteiger partial charge in [-0.25, -0.2) is 4.68 Å². The summed E-state index contributed by atoms with van der Waals surface area (Å²) >= 11 is 0. The van der Waals surface area contributed by atoms with Gasteiger partial charge in [0.1, 0.15) is 5.69 Å². The number of methoxy groups -OCH3 is 1. The fraction of sp³-hybridized carbons (Fsp3) is 0.364. The largest absolute Gasteiger partial charge is 0.481 e. The molecule has 0 saturated heterocycles. The number of rotatable bonds is 3. The molecule has 0 saturated carbocycles. The molecule has 2 aromatic rings. The van der Waals surface area contributed by atoms with Crippen LogP contribution in [0, 0.1) is 6.92 Å². The second-order valence-electron chi connectivity index (χ2n) is 4.22. The van der Waals surface area contributed by atoms with Crippen molar-refractivity contribution in [2.75, 3.05) is 12.4 Å².